The van der Waals surface area contributed by atoms with Gasteiger partial charge in [0.15, 0.2) is 11.6 Å². The third-order valence-corrected chi connectivity index (χ3v) is 5.71. The summed E-state index contributed by atoms with van der Waals surface area (Å²) in [5.41, 5.74) is 10.2. The second-order valence-corrected chi connectivity index (χ2v) is 8.43. The Labute approximate surface area is 176 Å². The highest BCUT2D eigenvalue weighted by molar-refractivity contribution is 7.91. The van der Waals surface area contributed by atoms with Crippen molar-refractivity contribution in [3.05, 3.63) is 59.3 Å². The summed E-state index contributed by atoms with van der Waals surface area (Å²) in [6, 6.07) is 7.14. The minimum Gasteiger partial charge on any atom is -0.464 e. The van der Waals surface area contributed by atoms with Crippen molar-refractivity contribution in [1.29, 1.82) is 0 Å². The van der Waals surface area contributed by atoms with Crippen molar-refractivity contribution in [3.63, 3.8) is 0 Å². The minimum atomic E-state index is -3.94. The first kappa shape index (κ1) is 23.8. The predicted octanol–water partition coefficient (Wildman–Crippen LogP) is 2.14. The summed E-state index contributed by atoms with van der Waals surface area (Å²) in [6.45, 7) is 3.36. The number of aromatic nitrogens is 1. The molecule has 9 nitrogen and oxygen atoms in total. The number of hydrazine groups is 1. The summed E-state index contributed by atoms with van der Waals surface area (Å²) in [7, 11) is -3.94. The van der Waals surface area contributed by atoms with E-state index in [4.69, 9.17) is 5.11 Å². The van der Waals surface area contributed by atoms with Crippen LogP contribution in [-0.4, -0.2) is 37.1 Å². The Morgan fingerprint density at radius 3 is 2.29 bits per heavy atom. The number of H-pyrrole nitrogens is 1. The SMILES string of the molecule is Cc1cc(C)cc(S(=O)(=O)c2c[nH]c3ccc(F)c(F)c23)c1.NC(=O)CNNC(=O)O. The van der Waals surface area contributed by atoms with Crippen LogP contribution in [0.1, 0.15) is 11.1 Å². The number of rotatable bonds is 5. The molecule has 0 aliphatic carbocycles. The lowest BCUT2D eigenvalue weighted by molar-refractivity contribution is -0.117. The molecule has 0 fully saturated rings. The lowest BCUT2D eigenvalue weighted by Gasteiger charge is -2.07. The van der Waals surface area contributed by atoms with E-state index in [0.29, 0.717) is 0 Å². The van der Waals surface area contributed by atoms with Gasteiger partial charge in [0.25, 0.3) is 0 Å². The first-order valence-corrected chi connectivity index (χ1v) is 10.2. The maximum atomic E-state index is 14.0. The Morgan fingerprint density at radius 2 is 1.74 bits per heavy atom. The van der Waals surface area contributed by atoms with E-state index < -0.39 is 33.5 Å². The van der Waals surface area contributed by atoms with E-state index in [1.54, 1.807) is 19.3 Å². The number of primary amides is 1. The molecule has 0 spiro atoms. The molecule has 3 rings (SSSR count). The predicted molar refractivity (Wildman–Crippen MR) is 108 cm³/mol. The van der Waals surface area contributed by atoms with Crippen LogP contribution in [0, 0.1) is 25.5 Å². The number of sulfone groups is 1. The fourth-order valence-electron chi connectivity index (χ4n) is 2.76. The summed E-state index contributed by atoms with van der Waals surface area (Å²) >= 11 is 0. The van der Waals surface area contributed by atoms with Gasteiger partial charge in [0.05, 0.1) is 21.7 Å². The van der Waals surface area contributed by atoms with Crippen molar-refractivity contribution in [2.45, 2.75) is 23.6 Å². The molecule has 0 atom stereocenters. The molecule has 0 radical (unpaired) electrons. The lowest BCUT2D eigenvalue weighted by atomic mass is 10.2. The van der Waals surface area contributed by atoms with Gasteiger partial charge in [-0.25, -0.2) is 27.4 Å². The molecule has 0 bridgehead atoms. The second kappa shape index (κ2) is 9.53. The Balaban J connectivity index is 0.000000323. The van der Waals surface area contributed by atoms with E-state index in [1.165, 1.54) is 24.4 Å². The molecule has 3 aromatic rings. The Kier molecular flexibility index (Phi) is 7.31. The monoisotopic (exact) mass is 454 g/mol. The topological polar surface area (TPSA) is 154 Å². The van der Waals surface area contributed by atoms with Crippen LogP contribution in [0.5, 0.6) is 0 Å². The van der Waals surface area contributed by atoms with Crippen molar-refractivity contribution >= 4 is 32.7 Å². The maximum absolute atomic E-state index is 14.0. The lowest BCUT2D eigenvalue weighted by Crippen LogP contribution is -2.41. The average Bonchev–Trinajstić information content (AvgIpc) is 3.09. The average molecular weight is 454 g/mol. The fourth-order valence-corrected chi connectivity index (χ4v) is 4.38. The van der Waals surface area contributed by atoms with Crippen molar-refractivity contribution in [3.8, 4) is 0 Å². The van der Waals surface area contributed by atoms with Crippen molar-refractivity contribution < 1.29 is 31.9 Å². The first-order chi connectivity index (χ1) is 14.4. The quantitative estimate of drug-likeness (QED) is 0.372. The molecule has 31 heavy (non-hydrogen) atoms. The Morgan fingerprint density at radius 1 is 1.13 bits per heavy atom. The largest absolute Gasteiger partial charge is 0.464 e. The van der Waals surface area contributed by atoms with Gasteiger partial charge >= 0.3 is 6.09 Å². The van der Waals surface area contributed by atoms with E-state index >= 15 is 0 Å². The number of aryl methyl sites for hydroxylation is 2. The zero-order chi connectivity index (χ0) is 23.3. The van der Waals surface area contributed by atoms with Gasteiger partial charge in [-0.2, -0.15) is 0 Å². The summed E-state index contributed by atoms with van der Waals surface area (Å²) in [6.07, 6.45) is -0.0588. The molecule has 0 unspecified atom stereocenters. The summed E-state index contributed by atoms with van der Waals surface area (Å²) < 4.78 is 53.0. The molecule has 0 aliphatic rings. The van der Waals surface area contributed by atoms with Crippen LogP contribution in [0.2, 0.25) is 0 Å². The molecule has 0 aliphatic heterocycles. The van der Waals surface area contributed by atoms with Crippen LogP contribution in [-0.2, 0) is 14.6 Å². The van der Waals surface area contributed by atoms with Crippen LogP contribution in [0.3, 0.4) is 0 Å². The summed E-state index contributed by atoms with van der Waals surface area (Å²) in [5, 5.41) is 7.65. The van der Waals surface area contributed by atoms with Gasteiger partial charge in [-0.15, -0.1) is 0 Å². The number of hydrogen-bond donors (Lipinski definition) is 5. The van der Waals surface area contributed by atoms with E-state index in [2.05, 4.69) is 16.1 Å². The number of hydrogen-bond acceptors (Lipinski definition) is 5. The number of carboxylic acid groups (broad SMARTS) is 1. The second-order valence-electron chi connectivity index (χ2n) is 6.51. The molecule has 6 N–H and O–H groups in total. The van der Waals surface area contributed by atoms with E-state index in [0.717, 1.165) is 17.2 Å². The normalized spacial score (nSPS) is 11.0. The zero-order valence-electron chi connectivity index (χ0n) is 16.5. The number of carbonyl (C=O) groups is 2. The molecule has 12 heteroatoms. The Bertz CT molecular complexity index is 1210. The third-order valence-electron chi connectivity index (χ3n) is 3.95. The van der Waals surface area contributed by atoms with Crippen LogP contribution in [0.4, 0.5) is 13.6 Å². The van der Waals surface area contributed by atoms with Crippen LogP contribution < -0.4 is 16.6 Å². The highest BCUT2D eigenvalue weighted by atomic mass is 32.2. The fraction of sp³-hybridized carbons (Fsp3) is 0.158. The van der Waals surface area contributed by atoms with Crippen LogP contribution in [0.25, 0.3) is 10.9 Å². The summed E-state index contributed by atoms with van der Waals surface area (Å²) in [4.78, 5) is 22.0. The van der Waals surface area contributed by atoms with E-state index in [9.17, 15) is 26.8 Å². The number of carbonyl (C=O) groups excluding carboxylic acids is 1. The van der Waals surface area contributed by atoms with Crippen molar-refractivity contribution in [1.82, 2.24) is 15.8 Å². The third kappa shape index (κ3) is 5.77. The molecular formula is C19H20F2N4O5S. The van der Waals surface area contributed by atoms with Gasteiger partial charge in [0.1, 0.15) is 0 Å². The van der Waals surface area contributed by atoms with Gasteiger partial charge in [-0.1, -0.05) is 6.07 Å². The molecule has 0 saturated carbocycles. The Hall–Kier alpha value is -3.51. The van der Waals surface area contributed by atoms with Crippen molar-refractivity contribution in [2.24, 2.45) is 5.73 Å². The van der Waals surface area contributed by atoms with Gasteiger partial charge in [0, 0.05) is 11.7 Å². The maximum Gasteiger partial charge on any atom is 0.419 e. The molecule has 2 aromatic carbocycles. The highest BCUT2D eigenvalue weighted by Gasteiger charge is 2.25. The number of aromatic amines is 1. The first-order valence-electron chi connectivity index (χ1n) is 8.72. The van der Waals surface area contributed by atoms with E-state index in [-0.39, 0.29) is 27.2 Å². The number of fused-ring (bicyclic) bond motifs is 1. The van der Waals surface area contributed by atoms with Gasteiger partial charge in [0.2, 0.25) is 15.7 Å². The standard InChI is InChI=1S/C16H13F2NO2S.C3H7N3O3/c1-9-5-10(2)7-11(6-9)22(20,21)14-8-19-13-4-3-12(17)16(18)15(13)14;4-2(7)1-5-6-3(8)9/h3-8,19H,1-2H3;5-6H,1H2,(H2,4,7)(H,8,9). The smallest absolute Gasteiger partial charge is 0.419 e. The number of halogens is 2. The zero-order valence-corrected chi connectivity index (χ0v) is 17.3. The number of nitrogens with two attached hydrogens (primary N) is 1. The number of benzene rings is 2. The molecule has 0 saturated heterocycles. The van der Waals surface area contributed by atoms with E-state index in [1.807, 2.05) is 6.07 Å². The molecular weight excluding hydrogens is 434 g/mol. The van der Waals surface area contributed by atoms with Gasteiger partial charge in [-0.3, -0.25) is 10.2 Å². The van der Waals surface area contributed by atoms with Gasteiger partial charge in [-0.05, 0) is 49.2 Å². The molecule has 1 heterocycles. The van der Waals surface area contributed by atoms with Crippen LogP contribution in [0.15, 0.2) is 46.3 Å². The molecule has 166 valence electrons. The molecule has 2 amide bonds. The minimum absolute atomic E-state index is 0.0644. The molecule has 1 aromatic heterocycles. The summed E-state index contributed by atoms with van der Waals surface area (Å²) in [5.74, 6) is -2.87. The van der Waals surface area contributed by atoms with Crippen LogP contribution >= 0.6 is 0 Å². The van der Waals surface area contributed by atoms with Crippen molar-refractivity contribution in [2.75, 3.05) is 6.54 Å². The highest BCUT2D eigenvalue weighted by Crippen LogP contribution is 2.31. The van der Waals surface area contributed by atoms with Gasteiger partial charge < -0.3 is 15.8 Å². The number of amides is 2. The number of nitrogens with one attached hydrogen (secondary N) is 3.